The molecule has 130 valence electrons. The maximum absolute atomic E-state index is 12.9. The lowest BCUT2D eigenvalue weighted by atomic mass is 9.98. The van der Waals surface area contributed by atoms with E-state index in [0.717, 1.165) is 17.0 Å². The second kappa shape index (κ2) is 7.42. The van der Waals surface area contributed by atoms with Crippen LogP contribution >= 0.6 is 0 Å². The Kier molecular flexibility index (Phi) is 5.07. The van der Waals surface area contributed by atoms with Crippen LogP contribution in [0, 0.1) is 18.7 Å². The largest absolute Gasteiger partial charge is 0.350 e. The normalized spacial score (nSPS) is 14.1. The summed E-state index contributed by atoms with van der Waals surface area (Å²) in [6, 6.07) is 11.6. The van der Waals surface area contributed by atoms with Gasteiger partial charge in [0.1, 0.15) is 5.82 Å². The maximum atomic E-state index is 12.9. The third-order valence-electron chi connectivity index (χ3n) is 4.26. The number of hydrogen-bond donors (Lipinski definition) is 1. The molecule has 2 heterocycles. The van der Waals surface area contributed by atoms with Crippen LogP contribution in [0.15, 0.2) is 42.5 Å². The number of likely N-dealkylation sites (tertiary alicyclic amines) is 1. The zero-order valence-electron chi connectivity index (χ0n) is 14.0. The molecule has 1 aliphatic heterocycles. The highest BCUT2D eigenvalue weighted by molar-refractivity contribution is 5.85. The molecule has 2 aromatic rings. The molecule has 0 radical (unpaired) electrons. The van der Waals surface area contributed by atoms with Crippen molar-refractivity contribution in [2.24, 2.45) is 5.92 Å². The molecule has 1 aromatic heterocycles. The summed E-state index contributed by atoms with van der Waals surface area (Å²) in [4.78, 5) is 30.3. The van der Waals surface area contributed by atoms with E-state index in [2.05, 4.69) is 10.3 Å². The summed E-state index contributed by atoms with van der Waals surface area (Å²) in [5.74, 6) is -0.605. The first-order valence-electron chi connectivity index (χ1n) is 8.24. The van der Waals surface area contributed by atoms with Gasteiger partial charge < -0.3 is 10.2 Å². The molecule has 3 rings (SSSR count). The molecular weight excluding hydrogens is 321 g/mol. The highest BCUT2D eigenvalue weighted by atomic mass is 19.1. The maximum Gasteiger partial charge on any atom is 0.227 e. The second-order valence-corrected chi connectivity index (χ2v) is 6.29. The number of halogens is 1. The van der Waals surface area contributed by atoms with Crippen LogP contribution in [-0.4, -0.2) is 34.8 Å². The van der Waals surface area contributed by atoms with E-state index in [1.165, 1.54) is 12.1 Å². The lowest BCUT2D eigenvalue weighted by Gasteiger charge is -2.38. The number of aromatic nitrogens is 1. The van der Waals surface area contributed by atoms with Crippen LogP contribution in [0.3, 0.4) is 0 Å². The van der Waals surface area contributed by atoms with Gasteiger partial charge in [-0.2, -0.15) is 0 Å². The van der Waals surface area contributed by atoms with Gasteiger partial charge in [-0.15, -0.1) is 0 Å². The number of pyridine rings is 1. The van der Waals surface area contributed by atoms with E-state index in [1.54, 1.807) is 17.0 Å². The van der Waals surface area contributed by atoms with E-state index >= 15 is 0 Å². The van der Waals surface area contributed by atoms with Crippen LogP contribution < -0.4 is 5.32 Å². The molecule has 2 amide bonds. The van der Waals surface area contributed by atoms with Crippen LogP contribution in [0.25, 0.3) is 0 Å². The summed E-state index contributed by atoms with van der Waals surface area (Å²) in [7, 11) is 0. The number of carbonyl (C=O) groups excluding carboxylic acids is 2. The van der Waals surface area contributed by atoms with Crippen molar-refractivity contribution in [1.82, 2.24) is 15.2 Å². The first-order chi connectivity index (χ1) is 12.0. The van der Waals surface area contributed by atoms with Crippen molar-refractivity contribution >= 4 is 11.8 Å². The van der Waals surface area contributed by atoms with Crippen LogP contribution in [0.5, 0.6) is 0 Å². The van der Waals surface area contributed by atoms with E-state index in [-0.39, 0.29) is 30.0 Å². The SMILES string of the molecule is Cc1cccc(CNC(=O)C2CN(C(=O)Cc3ccc(F)cc3)C2)n1. The second-order valence-electron chi connectivity index (χ2n) is 6.29. The fourth-order valence-corrected chi connectivity index (χ4v) is 2.76. The molecule has 5 nitrogen and oxygen atoms in total. The molecule has 0 saturated carbocycles. The van der Waals surface area contributed by atoms with Crippen molar-refractivity contribution in [2.75, 3.05) is 13.1 Å². The smallest absolute Gasteiger partial charge is 0.227 e. The topological polar surface area (TPSA) is 62.3 Å². The molecule has 6 heteroatoms. The average Bonchev–Trinajstić information content (AvgIpc) is 2.54. The lowest BCUT2D eigenvalue weighted by molar-refractivity contribution is -0.142. The zero-order valence-corrected chi connectivity index (χ0v) is 14.0. The number of nitrogens with one attached hydrogen (secondary N) is 1. The van der Waals surface area contributed by atoms with Crippen molar-refractivity contribution in [3.8, 4) is 0 Å². The summed E-state index contributed by atoms with van der Waals surface area (Å²) in [5, 5.41) is 2.86. The highest BCUT2D eigenvalue weighted by Gasteiger charge is 2.35. The summed E-state index contributed by atoms with van der Waals surface area (Å²) < 4.78 is 12.9. The number of nitrogens with zero attached hydrogens (tertiary/aromatic N) is 2. The Morgan fingerprint density at radius 3 is 2.60 bits per heavy atom. The number of amides is 2. The molecule has 1 N–H and O–H groups in total. The van der Waals surface area contributed by atoms with Crippen LogP contribution in [0.4, 0.5) is 4.39 Å². The lowest BCUT2D eigenvalue weighted by Crippen LogP contribution is -2.56. The number of rotatable bonds is 5. The minimum atomic E-state index is -0.319. The van der Waals surface area contributed by atoms with Crippen LogP contribution in [-0.2, 0) is 22.6 Å². The van der Waals surface area contributed by atoms with Crippen molar-refractivity contribution in [1.29, 1.82) is 0 Å². The third kappa shape index (κ3) is 4.41. The number of carbonyl (C=O) groups is 2. The number of hydrogen-bond acceptors (Lipinski definition) is 3. The van der Waals surface area contributed by atoms with Gasteiger partial charge in [0.25, 0.3) is 0 Å². The van der Waals surface area contributed by atoms with Gasteiger partial charge in [-0.05, 0) is 36.8 Å². The Morgan fingerprint density at radius 1 is 1.20 bits per heavy atom. The Bertz CT molecular complexity index is 770. The van der Waals surface area contributed by atoms with Crippen LogP contribution in [0.2, 0.25) is 0 Å². The quantitative estimate of drug-likeness (QED) is 0.903. The minimum Gasteiger partial charge on any atom is -0.350 e. The first kappa shape index (κ1) is 17.1. The molecule has 0 bridgehead atoms. The monoisotopic (exact) mass is 341 g/mol. The van der Waals surface area contributed by atoms with Crippen LogP contribution in [0.1, 0.15) is 17.0 Å². The minimum absolute atomic E-state index is 0.0454. The predicted octanol–water partition coefficient (Wildman–Crippen LogP) is 1.85. The van der Waals surface area contributed by atoms with Crippen molar-refractivity contribution < 1.29 is 14.0 Å². The fourth-order valence-electron chi connectivity index (χ4n) is 2.76. The van der Waals surface area contributed by atoms with Crippen molar-refractivity contribution in [3.63, 3.8) is 0 Å². The molecule has 0 aliphatic carbocycles. The van der Waals surface area contributed by atoms with Gasteiger partial charge in [0.2, 0.25) is 11.8 Å². The molecule has 1 saturated heterocycles. The summed E-state index contributed by atoms with van der Waals surface area (Å²) in [5.41, 5.74) is 2.50. The van der Waals surface area contributed by atoms with Gasteiger partial charge in [-0.25, -0.2) is 4.39 Å². The van der Waals surface area contributed by atoms with Gasteiger partial charge in [0, 0.05) is 18.8 Å². The molecule has 1 fully saturated rings. The average molecular weight is 341 g/mol. The zero-order chi connectivity index (χ0) is 17.8. The van der Waals surface area contributed by atoms with Gasteiger partial charge in [0.05, 0.1) is 24.6 Å². The standard InChI is InChI=1S/C19H20FN3O2/c1-13-3-2-4-17(22-13)10-21-19(25)15-11-23(12-15)18(24)9-14-5-7-16(20)8-6-14/h2-8,15H,9-12H2,1H3,(H,21,25). The molecule has 0 atom stereocenters. The fraction of sp³-hybridized carbons (Fsp3) is 0.316. The van der Waals surface area contributed by atoms with E-state index in [1.807, 2.05) is 25.1 Å². The molecule has 1 aliphatic rings. The molecule has 1 aromatic carbocycles. The summed E-state index contributed by atoms with van der Waals surface area (Å²) in [6.07, 6.45) is 0.224. The van der Waals surface area contributed by atoms with Gasteiger partial charge >= 0.3 is 0 Å². The molecule has 0 unspecified atom stereocenters. The van der Waals surface area contributed by atoms with E-state index < -0.39 is 0 Å². The Balaban J connectivity index is 1.42. The number of benzene rings is 1. The first-order valence-corrected chi connectivity index (χ1v) is 8.24. The van der Waals surface area contributed by atoms with Gasteiger partial charge in [0.15, 0.2) is 0 Å². The highest BCUT2D eigenvalue weighted by Crippen LogP contribution is 2.17. The van der Waals surface area contributed by atoms with Gasteiger partial charge in [-0.1, -0.05) is 18.2 Å². The molecular formula is C19H20FN3O2. The van der Waals surface area contributed by atoms with Gasteiger partial charge in [-0.3, -0.25) is 14.6 Å². The molecule has 0 spiro atoms. The Morgan fingerprint density at radius 2 is 1.92 bits per heavy atom. The summed E-state index contributed by atoms with van der Waals surface area (Å²) >= 11 is 0. The van der Waals surface area contributed by atoms with Crippen molar-refractivity contribution in [2.45, 2.75) is 19.9 Å². The van der Waals surface area contributed by atoms with E-state index in [9.17, 15) is 14.0 Å². The van der Waals surface area contributed by atoms with Crippen molar-refractivity contribution in [3.05, 3.63) is 65.2 Å². The number of aryl methyl sites for hydroxylation is 1. The molecule has 25 heavy (non-hydrogen) atoms. The third-order valence-corrected chi connectivity index (χ3v) is 4.26. The van der Waals surface area contributed by atoms with E-state index in [4.69, 9.17) is 0 Å². The Hall–Kier alpha value is -2.76. The predicted molar refractivity (Wildman–Crippen MR) is 91.0 cm³/mol. The Labute approximate surface area is 145 Å². The summed E-state index contributed by atoms with van der Waals surface area (Å²) in [6.45, 7) is 3.14. The van der Waals surface area contributed by atoms with E-state index in [0.29, 0.717) is 19.6 Å².